The lowest BCUT2D eigenvalue weighted by Crippen LogP contribution is -2.59. The number of nitrogens with zero attached hydrogens (tertiary/aromatic N) is 6. The zero-order valence-corrected chi connectivity index (χ0v) is 24.2. The van der Waals surface area contributed by atoms with Gasteiger partial charge in [-0.15, -0.1) is 30.0 Å². The third kappa shape index (κ3) is 4.16. The van der Waals surface area contributed by atoms with Crippen molar-refractivity contribution in [2.24, 2.45) is 17.8 Å². The van der Waals surface area contributed by atoms with Crippen molar-refractivity contribution in [2.45, 2.75) is 55.4 Å². The van der Waals surface area contributed by atoms with Gasteiger partial charge in [-0.05, 0) is 30.9 Å². The highest BCUT2D eigenvalue weighted by Gasteiger charge is 2.76. The highest BCUT2D eigenvalue weighted by molar-refractivity contribution is 8.02. The minimum atomic E-state index is -0.829. The van der Waals surface area contributed by atoms with E-state index < -0.39 is 28.7 Å². The number of aromatic nitrogens is 3. The van der Waals surface area contributed by atoms with Gasteiger partial charge in [0.05, 0.1) is 34.7 Å². The van der Waals surface area contributed by atoms with Crippen LogP contribution in [0.4, 0.5) is 0 Å². The molecule has 5 rings (SSSR count). The van der Waals surface area contributed by atoms with E-state index in [0.717, 1.165) is 17.5 Å². The number of fused-ring (bicyclic) bond motifs is 2. The summed E-state index contributed by atoms with van der Waals surface area (Å²) in [5.74, 6) is -1.67. The van der Waals surface area contributed by atoms with Gasteiger partial charge < -0.3 is 19.8 Å². The van der Waals surface area contributed by atoms with E-state index in [1.807, 2.05) is 31.2 Å². The lowest BCUT2D eigenvalue weighted by atomic mass is 9.65. The predicted octanol–water partition coefficient (Wildman–Crippen LogP) is 2.16. The Hall–Kier alpha value is -3.18. The highest BCUT2D eigenvalue weighted by atomic mass is 32.2. The minimum absolute atomic E-state index is 0.0261. The first-order chi connectivity index (χ1) is 19.2. The van der Waals surface area contributed by atoms with E-state index in [2.05, 4.69) is 30.4 Å². The molecule has 0 saturated carbocycles. The summed E-state index contributed by atoms with van der Waals surface area (Å²) in [6, 6.07) is 6.18. The Kier molecular flexibility index (Phi) is 7.80. The molecule has 214 valence electrons. The van der Waals surface area contributed by atoms with E-state index in [0.29, 0.717) is 13.0 Å². The molecule has 0 aliphatic carbocycles. The van der Waals surface area contributed by atoms with Crippen LogP contribution >= 0.6 is 11.8 Å². The second-order valence-corrected chi connectivity index (χ2v) is 12.7. The standard InChI is InChI=1S/C29H38N6O4S/c1-6-13-32(5)26(37)23-22-15-18(4)29(40-22)24(23)27(38)35(19(8-3)16-36)25(29)28(39)33(14-7-2)17-34-21-12-10-9-11-20(21)30-31-34/h6-7,9-12,18-19,22-25,36H,1-2,8,13-17H2,3-5H3/t18?,19-,22-,23+,24-,25?,29?/m0/s1. The number of hydrogen-bond donors (Lipinski definition) is 1. The molecule has 0 radical (unpaired) electrons. The molecule has 3 amide bonds. The number of thioether (sulfide) groups is 1. The maximum Gasteiger partial charge on any atom is 0.248 e. The van der Waals surface area contributed by atoms with Crippen LogP contribution in [0.3, 0.4) is 0 Å². The molecule has 3 aliphatic rings. The topological polar surface area (TPSA) is 112 Å². The number of aliphatic hydroxyl groups is 1. The number of amides is 3. The molecule has 3 saturated heterocycles. The summed E-state index contributed by atoms with van der Waals surface area (Å²) in [7, 11) is 1.73. The predicted molar refractivity (Wildman–Crippen MR) is 154 cm³/mol. The van der Waals surface area contributed by atoms with E-state index in [4.69, 9.17) is 0 Å². The van der Waals surface area contributed by atoms with Crippen LogP contribution in [0.5, 0.6) is 0 Å². The molecule has 1 N–H and O–H groups in total. The Balaban J connectivity index is 1.58. The summed E-state index contributed by atoms with van der Waals surface area (Å²) in [6.07, 6.45) is 4.57. The third-order valence-electron chi connectivity index (χ3n) is 8.94. The van der Waals surface area contributed by atoms with Crippen molar-refractivity contribution in [3.05, 3.63) is 49.6 Å². The molecule has 2 aromatic rings. The van der Waals surface area contributed by atoms with Gasteiger partial charge in [-0.3, -0.25) is 14.4 Å². The van der Waals surface area contributed by atoms with Crippen LogP contribution in [-0.4, -0.2) is 101 Å². The molecule has 3 fully saturated rings. The maximum atomic E-state index is 14.7. The van der Waals surface area contributed by atoms with Gasteiger partial charge in [0.15, 0.2) is 0 Å². The number of likely N-dealkylation sites (tertiary alicyclic amines) is 1. The van der Waals surface area contributed by atoms with Crippen LogP contribution in [0.15, 0.2) is 49.6 Å². The van der Waals surface area contributed by atoms with Crippen LogP contribution < -0.4 is 0 Å². The Morgan fingerprint density at radius 2 is 1.98 bits per heavy atom. The number of para-hydroxylation sites is 1. The molecule has 2 bridgehead atoms. The van der Waals surface area contributed by atoms with Crippen LogP contribution in [0.25, 0.3) is 11.0 Å². The Morgan fingerprint density at radius 3 is 2.65 bits per heavy atom. The van der Waals surface area contributed by atoms with Crippen molar-refractivity contribution in [2.75, 3.05) is 26.7 Å². The molecule has 4 heterocycles. The average molecular weight is 567 g/mol. The summed E-state index contributed by atoms with van der Waals surface area (Å²) >= 11 is 1.63. The van der Waals surface area contributed by atoms with Gasteiger partial charge in [-0.1, -0.05) is 43.3 Å². The van der Waals surface area contributed by atoms with Crippen LogP contribution in [0, 0.1) is 17.8 Å². The fraction of sp³-hybridized carbons (Fsp3) is 0.552. The summed E-state index contributed by atoms with van der Waals surface area (Å²) < 4.78 is 0.899. The Morgan fingerprint density at radius 1 is 1.25 bits per heavy atom. The smallest absolute Gasteiger partial charge is 0.248 e. The number of benzene rings is 1. The molecule has 10 nitrogen and oxygen atoms in total. The maximum absolute atomic E-state index is 14.7. The SMILES string of the molecule is C=CCN(C)C(=O)[C@@H]1[C@@H]2CC(C)C3(S2)C(C(=O)N(CC=C)Cn2nnc4ccccc42)N([C@@H](CC)CO)C(=O)[C@H]13. The van der Waals surface area contributed by atoms with Gasteiger partial charge in [-0.25, -0.2) is 4.68 Å². The molecule has 3 aliphatic heterocycles. The van der Waals surface area contributed by atoms with E-state index in [1.165, 1.54) is 0 Å². The van der Waals surface area contributed by atoms with Crippen LogP contribution in [-0.2, 0) is 21.1 Å². The monoisotopic (exact) mass is 566 g/mol. The third-order valence-corrected chi connectivity index (χ3v) is 11.0. The summed E-state index contributed by atoms with van der Waals surface area (Å²) in [5, 5.41) is 18.8. The van der Waals surface area contributed by atoms with Gasteiger partial charge in [0.2, 0.25) is 17.7 Å². The lowest BCUT2D eigenvalue weighted by molar-refractivity contribution is -0.147. The quantitative estimate of drug-likeness (QED) is 0.415. The lowest BCUT2D eigenvalue weighted by Gasteiger charge is -2.42. The number of carbonyl (C=O) groups excluding carboxylic acids is 3. The van der Waals surface area contributed by atoms with Crippen molar-refractivity contribution in [3.8, 4) is 0 Å². The Labute approximate surface area is 239 Å². The second kappa shape index (κ2) is 11.0. The van der Waals surface area contributed by atoms with Gasteiger partial charge in [0, 0.05) is 25.4 Å². The first-order valence-corrected chi connectivity index (χ1v) is 14.8. The number of aliphatic hydroxyl groups excluding tert-OH is 1. The second-order valence-electron chi connectivity index (χ2n) is 11.1. The van der Waals surface area contributed by atoms with E-state index in [9.17, 15) is 19.5 Å². The number of rotatable bonds is 11. The largest absolute Gasteiger partial charge is 0.394 e. The van der Waals surface area contributed by atoms with Gasteiger partial charge in [-0.2, -0.15) is 0 Å². The average Bonchev–Trinajstić information content (AvgIpc) is 3.66. The highest BCUT2D eigenvalue weighted by Crippen LogP contribution is 2.69. The summed E-state index contributed by atoms with van der Waals surface area (Å²) in [6.45, 7) is 12.1. The molecular weight excluding hydrogens is 528 g/mol. The van der Waals surface area contributed by atoms with Crippen molar-refractivity contribution >= 4 is 40.5 Å². The van der Waals surface area contributed by atoms with Crippen molar-refractivity contribution < 1.29 is 19.5 Å². The number of likely N-dealkylation sites (N-methyl/N-ethyl adjacent to an activating group) is 1. The van der Waals surface area contributed by atoms with Crippen molar-refractivity contribution in [1.82, 2.24) is 29.7 Å². The fourth-order valence-corrected chi connectivity index (χ4v) is 9.49. The van der Waals surface area contributed by atoms with Crippen LogP contribution in [0.2, 0.25) is 0 Å². The van der Waals surface area contributed by atoms with Gasteiger partial charge in [0.1, 0.15) is 18.2 Å². The first kappa shape index (κ1) is 28.4. The molecule has 1 aromatic heterocycles. The molecule has 40 heavy (non-hydrogen) atoms. The van der Waals surface area contributed by atoms with E-state index in [-0.39, 0.29) is 48.7 Å². The summed E-state index contributed by atoms with van der Waals surface area (Å²) in [5.41, 5.74) is 1.52. The molecule has 7 atom stereocenters. The molecule has 1 aromatic carbocycles. The fourth-order valence-electron chi connectivity index (χ4n) is 7.10. The molecular formula is C29H38N6O4S. The normalized spacial score (nSPS) is 29.4. The van der Waals surface area contributed by atoms with Crippen molar-refractivity contribution in [3.63, 3.8) is 0 Å². The summed E-state index contributed by atoms with van der Waals surface area (Å²) in [4.78, 5) is 47.6. The van der Waals surface area contributed by atoms with Crippen molar-refractivity contribution in [1.29, 1.82) is 0 Å². The van der Waals surface area contributed by atoms with Gasteiger partial charge >= 0.3 is 0 Å². The zero-order chi connectivity index (χ0) is 28.8. The molecule has 1 spiro atoms. The van der Waals surface area contributed by atoms with Gasteiger partial charge in [0.25, 0.3) is 0 Å². The first-order valence-electron chi connectivity index (χ1n) is 13.9. The minimum Gasteiger partial charge on any atom is -0.394 e. The van der Waals surface area contributed by atoms with Crippen LogP contribution in [0.1, 0.15) is 26.7 Å². The van der Waals surface area contributed by atoms with E-state index in [1.54, 1.807) is 50.3 Å². The van der Waals surface area contributed by atoms with E-state index >= 15 is 0 Å². The molecule has 11 heteroatoms. The Bertz CT molecular complexity index is 1330. The number of hydrogen-bond acceptors (Lipinski definition) is 7. The molecule has 3 unspecified atom stereocenters. The zero-order valence-electron chi connectivity index (χ0n) is 23.3. The number of carbonyl (C=O) groups is 3.